The van der Waals surface area contributed by atoms with Crippen LogP contribution >= 0.6 is 28.1 Å². The molecule has 2 rings (SSSR count). The monoisotopic (exact) mass is 435 g/mol. The molecule has 0 spiro atoms. The number of benzene rings is 2. The van der Waals surface area contributed by atoms with Crippen LogP contribution in [0, 0.1) is 6.92 Å². The number of rotatable bonds is 4. The fourth-order valence-corrected chi connectivity index (χ4v) is 3.13. The maximum Gasteiger partial charge on any atom is 0.261 e. The van der Waals surface area contributed by atoms with Crippen molar-refractivity contribution in [3.63, 3.8) is 0 Å². The predicted octanol–water partition coefficient (Wildman–Crippen LogP) is 3.85. The summed E-state index contributed by atoms with van der Waals surface area (Å²) in [4.78, 5) is 23.5. The second-order valence-corrected chi connectivity index (χ2v) is 6.79. The molecule has 0 saturated carbocycles. The summed E-state index contributed by atoms with van der Waals surface area (Å²) in [5.41, 5.74) is 2.57. The summed E-state index contributed by atoms with van der Waals surface area (Å²) in [5.74, 6) is -0.0291. The van der Waals surface area contributed by atoms with E-state index in [1.54, 1.807) is 30.3 Å². The van der Waals surface area contributed by atoms with E-state index >= 15 is 0 Å². The first-order chi connectivity index (χ1) is 12.3. The third-order valence-electron chi connectivity index (χ3n) is 3.38. The Labute approximate surface area is 165 Å². The molecule has 0 aliphatic rings. The second-order valence-electron chi connectivity index (χ2n) is 5.47. The maximum absolute atomic E-state index is 12.5. The van der Waals surface area contributed by atoms with Gasteiger partial charge in [-0.15, -0.1) is 0 Å². The van der Waals surface area contributed by atoms with E-state index in [4.69, 9.17) is 17.0 Å². The number of carbonyl (C=O) groups excluding carboxylic acids is 2. The average Bonchev–Trinajstić information content (AvgIpc) is 2.55. The molecule has 0 unspecified atom stereocenters. The van der Waals surface area contributed by atoms with Crippen molar-refractivity contribution >= 4 is 56.4 Å². The zero-order chi connectivity index (χ0) is 19.3. The Morgan fingerprint density at radius 1 is 1.08 bits per heavy atom. The Hall–Kier alpha value is -2.45. The Morgan fingerprint density at radius 3 is 2.19 bits per heavy atom. The molecule has 2 amide bonds. The van der Waals surface area contributed by atoms with E-state index in [1.165, 1.54) is 14.0 Å². The van der Waals surface area contributed by atoms with Crippen molar-refractivity contribution in [1.82, 2.24) is 5.32 Å². The molecule has 0 heterocycles. The first kappa shape index (κ1) is 19.9. The van der Waals surface area contributed by atoms with Gasteiger partial charge < -0.3 is 15.4 Å². The number of hydrogen-bond acceptors (Lipinski definition) is 4. The fourth-order valence-electron chi connectivity index (χ4n) is 2.34. The van der Waals surface area contributed by atoms with Gasteiger partial charge in [0.1, 0.15) is 5.75 Å². The van der Waals surface area contributed by atoms with Gasteiger partial charge in [0.15, 0.2) is 5.11 Å². The topological polar surface area (TPSA) is 79.5 Å². The molecule has 0 bridgehead atoms. The average molecular weight is 436 g/mol. The zero-order valence-corrected chi connectivity index (χ0v) is 16.9. The third kappa shape index (κ3) is 5.27. The molecular weight excluding hydrogens is 418 g/mol. The van der Waals surface area contributed by atoms with Crippen LogP contribution in [-0.4, -0.2) is 24.0 Å². The summed E-state index contributed by atoms with van der Waals surface area (Å²) in [7, 11) is 1.51. The number of hydrogen-bond donors (Lipinski definition) is 3. The largest absolute Gasteiger partial charge is 0.496 e. The van der Waals surface area contributed by atoms with Crippen LogP contribution < -0.4 is 20.7 Å². The van der Waals surface area contributed by atoms with Gasteiger partial charge in [-0.25, -0.2) is 0 Å². The summed E-state index contributed by atoms with van der Waals surface area (Å²) >= 11 is 8.57. The van der Waals surface area contributed by atoms with Gasteiger partial charge in [0.05, 0.1) is 12.7 Å². The highest BCUT2D eigenvalue weighted by atomic mass is 79.9. The molecule has 0 aliphatic heterocycles. The van der Waals surface area contributed by atoms with Crippen LogP contribution in [0.3, 0.4) is 0 Å². The number of aryl methyl sites for hydroxylation is 1. The summed E-state index contributed by atoms with van der Waals surface area (Å²) in [6.45, 7) is 3.29. The van der Waals surface area contributed by atoms with E-state index < -0.39 is 0 Å². The number of thiocarbonyl (C=S) groups is 1. The minimum atomic E-state index is -0.376. The van der Waals surface area contributed by atoms with Gasteiger partial charge in [0.2, 0.25) is 5.91 Å². The van der Waals surface area contributed by atoms with Crippen LogP contribution in [0.4, 0.5) is 11.4 Å². The lowest BCUT2D eigenvalue weighted by atomic mass is 10.1. The van der Waals surface area contributed by atoms with Crippen LogP contribution in [0.2, 0.25) is 0 Å². The second kappa shape index (κ2) is 8.77. The molecule has 0 fully saturated rings. The van der Waals surface area contributed by atoms with Gasteiger partial charge in [0, 0.05) is 22.8 Å². The van der Waals surface area contributed by atoms with Crippen molar-refractivity contribution in [3.8, 4) is 5.75 Å². The van der Waals surface area contributed by atoms with Gasteiger partial charge in [-0.05, 0) is 61.1 Å². The molecule has 2 aromatic carbocycles. The minimum absolute atomic E-state index is 0.147. The normalized spacial score (nSPS) is 10.0. The SMILES string of the molecule is COc1c(C)cc(Br)cc1C(=O)NC(=S)Nc1ccc(NC(C)=O)cc1. The summed E-state index contributed by atoms with van der Waals surface area (Å²) in [6.07, 6.45) is 0. The lowest BCUT2D eigenvalue weighted by Gasteiger charge is -2.14. The van der Waals surface area contributed by atoms with Crippen LogP contribution in [0.1, 0.15) is 22.8 Å². The van der Waals surface area contributed by atoms with E-state index in [0.29, 0.717) is 22.7 Å². The minimum Gasteiger partial charge on any atom is -0.496 e. The van der Waals surface area contributed by atoms with Gasteiger partial charge >= 0.3 is 0 Å². The first-order valence-electron chi connectivity index (χ1n) is 7.64. The first-order valence-corrected chi connectivity index (χ1v) is 8.84. The smallest absolute Gasteiger partial charge is 0.261 e. The van der Waals surface area contributed by atoms with E-state index in [1.807, 2.05) is 13.0 Å². The van der Waals surface area contributed by atoms with Crippen molar-refractivity contribution in [1.29, 1.82) is 0 Å². The van der Waals surface area contributed by atoms with E-state index in [9.17, 15) is 9.59 Å². The number of amides is 2. The highest BCUT2D eigenvalue weighted by Gasteiger charge is 2.16. The zero-order valence-electron chi connectivity index (χ0n) is 14.5. The number of anilines is 2. The number of methoxy groups -OCH3 is 1. The summed E-state index contributed by atoms with van der Waals surface area (Å²) in [6, 6.07) is 10.5. The maximum atomic E-state index is 12.5. The summed E-state index contributed by atoms with van der Waals surface area (Å²) in [5, 5.41) is 8.38. The molecule has 0 aliphatic carbocycles. The van der Waals surface area contributed by atoms with Crippen molar-refractivity contribution in [2.24, 2.45) is 0 Å². The van der Waals surface area contributed by atoms with Crippen molar-refractivity contribution in [2.75, 3.05) is 17.7 Å². The molecule has 0 saturated heterocycles. The van der Waals surface area contributed by atoms with Gasteiger partial charge in [-0.1, -0.05) is 15.9 Å². The van der Waals surface area contributed by atoms with Crippen molar-refractivity contribution < 1.29 is 14.3 Å². The van der Waals surface area contributed by atoms with Crippen molar-refractivity contribution in [2.45, 2.75) is 13.8 Å². The van der Waals surface area contributed by atoms with Gasteiger partial charge in [-0.2, -0.15) is 0 Å². The molecule has 0 aromatic heterocycles. The van der Waals surface area contributed by atoms with E-state index in [0.717, 1.165) is 10.0 Å². The number of nitrogens with one attached hydrogen (secondary N) is 3. The van der Waals surface area contributed by atoms with Gasteiger partial charge in [-0.3, -0.25) is 14.9 Å². The molecule has 0 radical (unpaired) electrons. The lowest BCUT2D eigenvalue weighted by molar-refractivity contribution is -0.114. The summed E-state index contributed by atoms with van der Waals surface area (Å²) < 4.78 is 6.09. The molecule has 8 heteroatoms. The quantitative estimate of drug-likeness (QED) is 0.635. The number of halogens is 1. The van der Waals surface area contributed by atoms with Crippen molar-refractivity contribution in [3.05, 3.63) is 52.0 Å². The Kier molecular flexibility index (Phi) is 6.70. The Morgan fingerprint density at radius 2 is 1.65 bits per heavy atom. The lowest BCUT2D eigenvalue weighted by Crippen LogP contribution is -2.34. The highest BCUT2D eigenvalue weighted by Crippen LogP contribution is 2.27. The van der Waals surface area contributed by atoms with Crippen LogP contribution in [0.15, 0.2) is 40.9 Å². The number of ether oxygens (including phenoxy) is 1. The molecular formula is C18H18BrN3O3S. The van der Waals surface area contributed by atoms with Crippen LogP contribution in [-0.2, 0) is 4.79 Å². The fraction of sp³-hybridized carbons (Fsp3) is 0.167. The van der Waals surface area contributed by atoms with E-state index in [2.05, 4.69) is 31.9 Å². The standard InChI is InChI=1S/C18H18BrN3O3S/c1-10-8-12(19)9-15(16(10)25-3)17(24)22-18(26)21-14-6-4-13(5-7-14)20-11(2)23/h4-9H,1-3H3,(H,20,23)(H2,21,22,24,26). The van der Waals surface area contributed by atoms with Crippen LogP contribution in [0.25, 0.3) is 0 Å². The molecule has 3 N–H and O–H groups in total. The Bertz CT molecular complexity index is 854. The molecule has 2 aromatic rings. The molecule has 26 heavy (non-hydrogen) atoms. The molecule has 0 atom stereocenters. The Balaban J connectivity index is 2.06. The highest BCUT2D eigenvalue weighted by molar-refractivity contribution is 9.10. The third-order valence-corrected chi connectivity index (χ3v) is 4.04. The van der Waals surface area contributed by atoms with Crippen LogP contribution in [0.5, 0.6) is 5.75 Å². The molecule has 136 valence electrons. The number of carbonyl (C=O) groups is 2. The van der Waals surface area contributed by atoms with Gasteiger partial charge in [0.25, 0.3) is 5.91 Å². The molecule has 6 nitrogen and oxygen atoms in total. The van der Waals surface area contributed by atoms with E-state index in [-0.39, 0.29) is 16.9 Å². The predicted molar refractivity (Wildman–Crippen MR) is 110 cm³/mol.